The Morgan fingerprint density at radius 2 is 0.347 bits per heavy atom. The maximum atomic E-state index is 6.19. The summed E-state index contributed by atoms with van der Waals surface area (Å²) in [5.74, 6) is 0. The topological polar surface area (TPSA) is 546 Å². The number of hydrogen-bond acceptors (Lipinski definition) is 37. The number of hydrogen-bond donors (Lipinski definition) is 23. The van der Waals surface area contributed by atoms with Gasteiger partial charge in [-0.15, -0.1) is 0 Å². The molecule has 39 N–H and O–H groups in total. The molecule has 37 heteroatoms. The fourth-order valence-corrected chi connectivity index (χ4v) is 14.4. The SMILES string of the molecule is CCCCNCCN(CCC)CCNCCN(C)CCN.CCCNCCN(CCN)CCN(CCN)CCCCCN.NCCCCCN(CCN(CCN)CCNCCN(CCN)CCN)CCN(CCN)CCN(CCN)CCN(CCN)CCNCCN(CN)CCNCCNCCN(CCN)CCN(CCN)CCN(CCN)CCN. The number of rotatable bonds is 98. The van der Waals surface area contributed by atoms with E-state index in [1.54, 1.807) is 0 Å². The van der Waals surface area contributed by atoms with Gasteiger partial charge in [-0.05, 0) is 97.8 Å². The lowest BCUT2D eigenvalue weighted by atomic mass is 10.2. The number of unbranched alkanes of at least 4 members (excludes halogenated alkanes) is 5. The molecule has 0 radical (unpaired) electrons. The van der Waals surface area contributed by atoms with E-state index in [9.17, 15) is 0 Å². The van der Waals surface area contributed by atoms with Crippen LogP contribution in [0.15, 0.2) is 0 Å². The molecular weight excluding hydrogens is 1530 g/mol. The van der Waals surface area contributed by atoms with Crippen molar-refractivity contribution in [1.29, 1.82) is 0 Å². The quantitative estimate of drug-likeness (QED) is 0.0199. The van der Waals surface area contributed by atoms with Crippen molar-refractivity contribution in [1.82, 2.24) is 106 Å². The van der Waals surface area contributed by atoms with E-state index in [4.69, 9.17) is 91.7 Å². The smallest absolute Gasteiger partial charge is 0.0456 e. The highest BCUT2D eigenvalue weighted by Gasteiger charge is 2.18. The predicted octanol–water partition coefficient (Wildman–Crippen LogP) is -8.80. The van der Waals surface area contributed by atoms with Crippen molar-refractivity contribution in [2.75, 3.05) is 465 Å². The minimum Gasteiger partial charge on any atom is -0.330 e. The Labute approximate surface area is 744 Å². The fraction of sp³-hybridized carbons (Fsp3) is 1.00. The third-order valence-electron chi connectivity index (χ3n) is 21.9. The Bertz CT molecular complexity index is 1880. The van der Waals surface area contributed by atoms with Crippen LogP contribution >= 0.6 is 0 Å². The Balaban J connectivity index is -0.00000260. The maximum absolute atomic E-state index is 6.19. The monoisotopic (exact) mass is 1740 g/mol. The molecule has 0 heterocycles. The molecule has 732 valence electrons. The van der Waals surface area contributed by atoms with Crippen molar-refractivity contribution in [2.24, 2.45) is 91.7 Å². The van der Waals surface area contributed by atoms with Crippen LogP contribution in [0, 0.1) is 0 Å². The molecule has 37 nitrogen and oxygen atoms in total. The molecule has 0 aliphatic carbocycles. The van der Waals surface area contributed by atoms with Crippen LogP contribution in [0.4, 0.5) is 0 Å². The van der Waals surface area contributed by atoms with Crippen LogP contribution in [0.1, 0.15) is 85.0 Å². The summed E-state index contributed by atoms with van der Waals surface area (Å²) in [5, 5.41) is 25.0. The number of likely N-dealkylation sites (N-methyl/N-ethyl adjacent to an activating group) is 1. The molecule has 0 unspecified atom stereocenters. The van der Waals surface area contributed by atoms with Crippen molar-refractivity contribution in [3.8, 4) is 0 Å². The third kappa shape index (κ3) is 85.1. The normalized spacial score (nSPS) is 12.2. The lowest BCUT2D eigenvalue weighted by molar-refractivity contribution is 0.155. The number of nitrogens with one attached hydrogen (secondary N) is 7. The van der Waals surface area contributed by atoms with E-state index >= 15 is 0 Å². The van der Waals surface area contributed by atoms with Crippen molar-refractivity contribution >= 4 is 0 Å². The minimum absolute atomic E-state index is 0.534. The van der Waals surface area contributed by atoms with Gasteiger partial charge in [-0.1, -0.05) is 40.0 Å². The van der Waals surface area contributed by atoms with E-state index in [1.807, 2.05) is 0 Å². The highest BCUT2D eigenvalue weighted by molar-refractivity contribution is 4.76. The molecule has 0 aromatic heterocycles. The molecule has 0 aliphatic rings. The molecule has 0 aliphatic heterocycles. The van der Waals surface area contributed by atoms with Crippen LogP contribution in [0.3, 0.4) is 0 Å². The van der Waals surface area contributed by atoms with Gasteiger partial charge >= 0.3 is 0 Å². The van der Waals surface area contributed by atoms with Crippen LogP contribution in [0.25, 0.3) is 0 Å². The van der Waals surface area contributed by atoms with Gasteiger partial charge in [0.1, 0.15) is 0 Å². The van der Waals surface area contributed by atoms with E-state index < -0.39 is 0 Å². The second-order valence-electron chi connectivity index (χ2n) is 32.3. The summed E-state index contributed by atoms with van der Waals surface area (Å²) in [6, 6.07) is 0. The molecule has 0 spiro atoms. The summed E-state index contributed by atoms with van der Waals surface area (Å²) in [5.41, 5.74) is 94.3. The van der Waals surface area contributed by atoms with Crippen molar-refractivity contribution in [3.05, 3.63) is 0 Å². The summed E-state index contributed by atoms with van der Waals surface area (Å²) in [7, 11) is 2.12. The number of nitrogens with two attached hydrogens (primary N) is 16. The van der Waals surface area contributed by atoms with Gasteiger partial charge in [0.25, 0.3) is 0 Å². The Kier molecular flexibility index (Phi) is 103. The van der Waals surface area contributed by atoms with Gasteiger partial charge in [0.15, 0.2) is 0 Å². The first-order valence-corrected chi connectivity index (χ1v) is 48.5. The Hall–Kier alpha value is -1.48. The average Bonchev–Trinajstić information content (AvgIpc) is 0.936. The van der Waals surface area contributed by atoms with Gasteiger partial charge in [-0.25, -0.2) is 0 Å². The molecule has 0 saturated carbocycles. The van der Waals surface area contributed by atoms with Crippen LogP contribution in [0.5, 0.6) is 0 Å². The van der Waals surface area contributed by atoms with E-state index in [0.717, 1.165) is 405 Å². The minimum atomic E-state index is 0.534. The summed E-state index contributed by atoms with van der Waals surface area (Å²) < 4.78 is 0. The zero-order valence-corrected chi connectivity index (χ0v) is 79.6. The van der Waals surface area contributed by atoms with Gasteiger partial charge in [0.2, 0.25) is 0 Å². The van der Waals surface area contributed by atoms with Gasteiger partial charge in [-0.2, -0.15) is 0 Å². The molecule has 121 heavy (non-hydrogen) atoms. The summed E-state index contributed by atoms with van der Waals surface area (Å²) in [6.45, 7) is 70.0. The first-order valence-electron chi connectivity index (χ1n) is 48.5. The zero-order chi connectivity index (χ0) is 89.6. The molecule has 0 fully saturated rings. The lowest BCUT2D eigenvalue weighted by Gasteiger charge is -2.32. The highest BCUT2D eigenvalue weighted by Crippen LogP contribution is 2.05. The molecule has 0 aromatic carbocycles. The summed E-state index contributed by atoms with van der Waals surface area (Å²) in [4.78, 5) is 34.2. The Morgan fingerprint density at radius 3 is 0.595 bits per heavy atom. The van der Waals surface area contributed by atoms with Crippen LogP contribution < -0.4 is 129 Å². The molecule has 0 rings (SSSR count). The standard InChI is InChI=1S/C52H132N26.C16H40N6.C16H39N5/c53-4-2-1-3-23-69(40-43-73(29-10-59)36-19-67-18-34-70(24-5-54)25-6-55)41-46-75(31-12-61)50-51-77(33-14-63)49-45-74(30-11-60)37-20-68-22-39-78(52-64)38-21-66-16-15-65-17-35-72(28-9-58)44-48-76(32-13-62)47-42-71(26-7-56)27-8-57;1-2-9-20-10-14-22(13-8-19)16-15-21(12-7-18)11-5-3-4-6-17;1-4-6-8-18-10-15-21(12-5-2)16-11-19-9-14-20(3)13-7-17/h65-68H,1-64H2;20H,2-19H2,1H3;18-19H,4-17H2,1-3H3. The fourth-order valence-electron chi connectivity index (χ4n) is 14.4. The Morgan fingerprint density at radius 1 is 0.140 bits per heavy atom. The lowest BCUT2D eigenvalue weighted by Crippen LogP contribution is -2.47. The molecule has 0 bridgehead atoms. The zero-order valence-electron chi connectivity index (χ0n) is 79.6. The number of nitrogens with zero attached hydrogens (tertiary/aromatic N) is 14. The van der Waals surface area contributed by atoms with Crippen LogP contribution in [-0.4, -0.2) is 534 Å². The maximum Gasteiger partial charge on any atom is 0.0456 e. The van der Waals surface area contributed by atoms with E-state index in [0.29, 0.717) is 72.1 Å². The molecular formula is C84H211N37. The van der Waals surface area contributed by atoms with Crippen molar-refractivity contribution in [2.45, 2.75) is 85.0 Å². The van der Waals surface area contributed by atoms with Crippen molar-refractivity contribution < 1.29 is 0 Å². The summed E-state index contributed by atoms with van der Waals surface area (Å²) in [6.07, 6.45) is 11.9. The average molecular weight is 1740 g/mol. The van der Waals surface area contributed by atoms with Gasteiger partial charge < -0.3 is 149 Å². The third-order valence-corrected chi connectivity index (χ3v) is 21.9. The second kappa shape index (κ2) is 101. The summed E-state index contributed by atoms with van der Waals surface area (Å²) >= 11 is 0. The second-order valence-corrected chi connectivity index (χ2v) is 32.3. The first kappa shape index (κ1) is 124. The van der Waals surface area contributed by atoms with E-state index in [1.165, 1.54) is 45.1 Å². The highest BCUT2D eigenvalue weighted by atomic mass is 15.3. The molecule has 0 amide bonds. The largest absolute Gasteiger partial charge is 0.330 e. The van der Waals surface area contributed by atoms with E-state index in [-0.39, 0.29) is 0 Å². The van der Waals surface area contributed by atoms with Crippen LogP contribution in [-0.2, 0) is 0 Å². The molecule has 0 aromatic rings. The molecule has 0 saturated heterocycles. The molecule has 0 atom stereocenters. The van der Waals surface area contributed by atoms with Gasteiger partial charge in [0.05, 0.1) is 0 Å². The predicted molar refractivity (Wildman–Crippen MR) is 525 cm³/mol. The van der Waals surface area contributed by atoms with Gasteiger partial charge in [0, 0.05) is 412 Å². The first-order chi connectivity index (χ1) is 59.3. The van der Waals surface area contributed by atoms with Crippen molar-refractivity contribution in [3.63, 3.8) is 0 Å². The van der Waals surface area contributed by atoms with Gasteiger partial charge in [-0.3, -0.25) is 49.0 Å². The van der Waals surface area contributed by atoms with Crippen LogP contribution in [0.2, 0.25) is 0 Å². The van der Waals surface area contributed by atoms with E-state index in [2.05, 4.69) is 134 Å².